The van der Waals surface area contributed by atoms with E-state index in [-0.39, 0.29) is 11.8 Å². The number of hydrogen-bond donors (Lipinski definition) is 1. The number of fused-ring (bicyclic) bond motifs is 1. The maximum atomic E-state index is 13.1. The van der Waals surface area contributed by atoms with Gasteiger partial charge in [-0.2, -0.15) is 4.31 Å². The van der Waals surface area contributed by atoms with Crippen molar-refractivity contribution in [2.75, 3.05) is 25.5 Å². The minimum atomic E-state index is -3.53. The number of nitrogens with zero attached hydrogens (tertiary/aromatic N) is 1. The predicted molar refractivity (Wildman–Crippen MR) is 116 cm³/mol. The van der Waals surface area contributed by atoms with E-state index >= 15 is 0 Å². The Balaban J connectivity index is 1.39. The van der Waals surface area contributed by atoms with Crippen LogP contribution in [0.2, 0.25) is 0 Å². The first-order valence-electron chi connectivity index (χ1n) is 10.5. The number of amides is 1. The Morgan fingerprint density at radius 1 is 1.03 bits per heavy atom. The molecule has 2 aliphatic rings. The lowest BCUT2D eigenvalue weighted by molar-refractivity contribution is -0.120. The fourth-order valence-electron chi connectivity index (χ4n) is 4.32. The van der Waals surface area contributed by atoms with Crippen LogP contribution in [0.4, 0.5) is 5.69 Å². The highest BCUT2D eigenvalue weighted by atomic mass is 32.2. The van der Waals surface area contributed by atoms with Crippen LogP contribution in [0.5, 0.6) is 5.75 Å². The fourth-order valence-corrected chi connectivity index (χ4v) is 5.84. The molecule has 1 N–H and O–H groups in total. The minimum absolute atomic E-state index is 0.0749. The molecule has 1 amide bonds. The van der Waals surface area contributed by atoms with Gasteiger partial charge in [-0.1, -0.05) is 12.1 Å². The highest BCUT2D eigenvalue weighted by molar-refractivity contribution is 7.89. The zero-order chi connectivity index (χ0) is 21.1. The topological polar surface area (TPSA) is 75.7 Å². The summed E-state index contributed by atoms with van der Waals surface area (Å²) in [7, 11) is -1.94. The molecule has 1 heterocycles. The Labute approximate surface area is 178 Å². The monoisotopic (exact) mass is 428 g/mol. The number of hydrogen-bond acceptors (Lipinski definition) is 4. The normalized spacial score (nSPS) is 17.9. The van der Waals surface area contributed by atoms with E-state index in [0.29, 0.717) is 42.3 Å². The number of anilines is 1. The Hall–Kier alpha value is -2.38. The number of methoxy groups -OCH3 is 1. The zero-order valence-electron chi connectivity index (χ0n) is 17.3. The number of benzene rings is 2. The SMILES string of the molecule is COc1cccc(NC(=O)C2CCN(S(=O)(=O)c3ccc4c(c3)CCCC4)CC2)c1. The van der Waals surface area contributed by atoms with Crippen LogP contribution < -0.4 is 10.1 Å². The molecule has 1 fully saturated rings. The number of rotatable bonds is 5. The van der Waals surface area contributed by atoms with Gasteiger partial charge < -0.3 is 10.1 Å². The summed E-state index contributed by atoms with van der Waals surface area (Å²) >= 11 is 0. The maximum absolute atomic E-state index is 13.1. The van der Waals surface area contributed by atoms with E-state index in [0.717, 1.165) is 24.8 Å². The number of sulfonamides is 1. The third-order valence-electron chi connectivity index (χ3n) is 6.12. The van der Waals surface area contributed by atoms with Gasteiger partial charge in [0.05, 0.1) is 12.0 Å². The summed E-state index contributed by atoms with van der Waals surface area (Å²) in [4.78, 5) is 13.0. The first-order chi connectivity index (χ1) is 14.5. The van der Waals surface area contributed by atoms with Crippen molar-refractivity contribution in [3.63, 3.8) is 0 Å². The van der Waals surface area contributed by atoms with Crippen LogP contribution in [0.15, 0.2) is 47.4 Å². The molecule has 4 rings (SSSR count). The van der Waals surface area contributed by atoms with E-state index in [1.807, 2.05) is 30.3 Å². The first kappa shape index (κ1) is 20.9. The molecular weight excluding hydrogens is 400 g/mol. The smallest absolute Gasteiger partial charge is 0.243 e. The minimum Gasteiger partial charge on any atom is -0.497 e. The number of nitrogens with one attached hydrogen (secondary N) is 1. The summed E-state index contributed by atoms with van der Waals surface area (Å²) in [6.45, 7) is 0.714. The standard InChI is InChI=1S/C23H28N2O4S/c1-29-21-8-4-7-20(16-21)24-23(26)18-11-13-25(14-12-18)30(27,28)22-10-9-17-5-2-3-6-19(17)15-22/h4,7-10,15-16,18H,2-3,5-6,11-14H2,1H3,(H,24,26). The fraction of sp³-hybridized carbons (Fsp3) is 0.435. The second-order valence-electron chi connectivity index (χ2n) is 8.04. The van der Waals surface area contributed by atoms with E-state index in [9.17, 15) is 13.2 Å². The highest BCUT2D eigenvalue weighted by Crippen LogP contribution is 2.29. The van der Waals surface area contributed by atoms with Crippen molar-refractivity contribution in [1.29, 1.82) is 0 Å². The summed E-state index contributed by atoms with van der Waals surface area (Å²) in [6.07, 6.45) is 5.29. The van der Waals surface area contributed by atoms with Crippen molar-refractivity contribution in [2.45, 2.75) is 43.4 Å². The molecule has 0 radical (unpaired) electrons. The van der Waals surface area contributed by atoms with Crippen LogP contribution in [-0.4, -0.2) is 38.8 Å². The van der Waals surface area contributed by atoms with E-state index in [4.69, 9.17) is 4.74 Å². The largest absolute Gasteiger partial charge is 0.497 e. The number of aryl methyl sites for hydroxylation is 2. The molecule has 0 spiro atoms. The molecule has 1 aliphatic heterocycles. The quantitative estimate of drug-likeness (QED) is 0.789. The van der Waals surface area contributed by atoms with E-state index in [1.165, 1.54) is 16.3 Å². The Morgan fingerprint density at radius 2 is 1.77 bits per heavy atom. The average Bonchev–Trinajstić information content (AvgIpc) is 2.79. The molecule has 0 bridgehead atoms. The van der Waals surface area contributed by atoms with Crippen molar-refractivity contribution in [2.24, 2.45) is 5.92 Å². The van der Waals surface area contributed by atoms with Gasteiger partial charge in [0.25, 0.3) is 0 Å². The maximum Gasteiger partial charge on any atom is 0.243 e. The average molecular weight is 429 g/mol. The third kappa shape index (κ3) is 4.37. The van der Waals surface area contributed by atoms with Gasteiger partial charge >= 0.3 is 0 Å². The van der Waals surface area contributed by atoms with Crippen molar-refractivity contribution >= 4 is 21.6 Å². The molecule has 6 nitrogen and oxygen atoms in total. The Morgan fingerprint density at radius 3 is 2.50 bits per heavy atom. The highest BCUT2D eigenvalue weighted by Gasteiger charge is 2.32. The van der Waals surface area contributed by atoms with Gasteiger partial charge in [0.2, 0.25) is 15.9 Å². The third-order valence-corrected chi connectivity index (χ3v) is 8.01. The zero-order valence-corrected chi connectivity index (χ0v) is 18.1. The Bertz CT molecular complexity index is 1030. The predicted octanol–water partition coefficient (Wildman–Crippen LogP) is 3.61. The molecular formula is C23H28N2O4S. The number of piperidine rings is 1. The second-order valence-corrected chi connectivity index (χ2v) is 9.98. The van der Waals surface area contributed by atoms with E-state index in [2.05, 4.69) is 5.32 Å². The summed E-state index contributed by atoms with van der Waals surface area (Å²) in [5.41, 5.74) is 3.12. The molecule has 1 saturated heterocycles. The summed E-state index contributed by atoms with van der Waals surface area (Å²) in [5, 5.41) is 2.92. The summed E-state index contributed by atoms with van der Waals surface area (Å²) in [6, 6.07) is 12.8. The lowest BCUT2D eigenvalue weighted by atomic mass is 9.92. The molecule has 30 heavy (non-hydrogen) atoms. The molecule has 1 aliphatic carbocycles. The Kier molecular flexibility index (Phi) is 6.11. The van der Waals surface area contributed by atoms with Crippen LogP contribution in [0.3, 0.4) is 0 Å². The number of ether oxygens (including phenoxy) is 1. The van der Waals surface area contributed by atoms with Crippen LogP contribution in [-0.2, 0) is 27.7 Å². The van der Waals surface area contributed by atoms with Gasteiger partial charge in [0.15, 0.2) is 0 Å². The van der Waals surface area contributed by atoms with Crippen molar-refractivity contribution in [3.8, 4) is 5.75 Å². The molecule has 160 valence electrons. The van der Waals surface area contributed by atoms with Gasteiger partial charge in [-0.15, -0.1) is 0 Å². The van der Waals surface area contributed by atoms with Crippen LogP contribution in [0.25, 0.3) is 0 Å². The summed E-state index contributed by atoms with van der Waals surface area (Å²) < 4.78 is 33.0. The number of carbonyl (C=O) groups is 1. The molecule has 2 aromatic carbocycles. The second kappa shape index (κ2) is 8.78. The van der Waals surface area contributed by atoms with Crippen LogP contribution in [0.1, 0.15) is 36.8 Å². The van der Waals surface area contributed by atoms with Crippen molar-refractivity contribution < 1.29 is 17.9 Å². The van der Waals surface area contributed by atoms with Crippen molar-refractivity contribution in [3.05, 3.63) is 53.6 Å². The van der Waals surface area contributed by atoms with E-state index in [1.54, 1.807) is 19.2 Å². The van der Waals surface area contributed by atoms with Crippen molar-refractivity contribution in [1.82, 2.24) is 4.31 Å². The molecule has 0 saturated carbocycles. The van der Waals surface area contributed by atoms with Gasteiger partial charge in [0, 0.05) is 30.8 Å². The molecule has 0 atom stereocenters. The van der Waals surface area contributed by atoms with Crippen LogP contribution in [0, 0.1) is 5.92 Å². The molecule has 0 unspecified atom stereocenters. The van der Waals surface area contributed by atoms with Gasteiger partial charge in [-0.05, 0) is 73.9 Å². The van der Waals surface area contributed by atoms with Crippen LogP contribution >= 0.6 is 0 Å². The lowest BCUT2D eigenvalue weighted by Crippen LogP contribution is -2.41. The summed E-state index contributed by atoms with van der Waals surface area (Å²) in [5.74, 6) is 0.402. The lowest BCUT2D eigenvalue weighted by Gasteiger charge is -2.31. The first-order valence-corrected chi connectivity index (χ1v) is 12.0. The van der Waals surface area contributed by atoms with Gasteiger partial charge in [0.1, 0.15) is 5.75 Å². The number of carbonyl (C=O) groups excluding carboxylic acids is 1. The molecule has 7 heteroatoms. The van der Waals surface area contributed by atoms with Gasteiger partial charge in [-0.25, -0.2) is 8.42 Å². The van der Waals surface area contributed by atoms with E-state index < -0.39 is 10.0 Å². The molecule has 2 aromatic rings. The molecule has 0 aromatic heterocycles. The van der Waals surface area contributed by atoms with Gasteiger partial charge in [-0.3, -0.25) is 4.79 Å².